The number of fused-ring (bicyclic) bond motifs is 1. The summed E-state index contributed by atoms with van der Waals surface area (Å²) in [5.41, 5.74) is -0.383. The number of carbonyl (C=O) groups is 3. The largest absolute Gasteiger partial charge is 0.467 e. The number of imide groups is 1. The van der Waals surface area contributed by atoms with Crippen LogP contribution in [0.5, 0.6) is 0 Å². The molecular formula is C23H18F3N3O4. The molecule has 33 heavy (non-hydrogen) atoms. The Morgan fingerprint density at radius 1 is 1.03 bits per heavy atom. The fraction of sp³-hybridized carbons (Fsp3) is 0.174. The Hall–Kier alpha value is -4.08. The molecule has 4 rings (SSSR count). The summed E-state index contributed by atoms with van der Waals surface area (Å²) < 4.78 is 44.7. The molecule has 1 N–H and O–H groups in total. The van der Waals surface area contributed by atoms with Crippen molar-refractivity contribution in [3.63, 3.8) is 0 Å². The third-order valence-corrected chi connectivity index (χ3v) is 5.18. The Morgan fingerprint density at radius 2 is 1.76 bits per heavy atom. The normalized spacial score (nSPS) is 13.3. The van der Waals surface area contributed by atoms with Gasteiger partial charge in [-0.3, -0.25) is 19.3 Å². The van der Waals surface area contributed by atoms with Crippen LogP contribution in [-0.2, 0) is 12.7 Å². The lowest BCUT2D eigenvalue weighted by Crippen LogP contribution is -2.28. The lowest BCUT2D eigenvalue weighted by molar-refractivity contribution is -0.137. The number of carbonyl (C=O) groups excluding carboxylic acids is 3. The average molecular weight is 457 g/mol. The van der Waals surface area contributed by atoms with Gasteiger partial charge in [0.15, 0.2) is 0 Å². The van der Waals surface area contributed by atoms with Crippen LogP contribution >= 0.6 is 0 Å². The number of nitrogens with one attached hydrogen (secondary N) is 1. The Balaban J connectivity index is 1.61. The van der Waals surface area contributed by atoms with Gasteiger partial charge in [0, 0.05) is 19.7 Å². The number of furan rings is 1. The van der Waals surface area contributed by atoms with Gasteiger partial charge in [0.1, 0.15) is 5.76 Å². The van der Waals surface area contributed by atoms with Crippen molar-refractivity contribution in [2.24, 2.45) is 0 Å². The van der Waals surface area contributed by atoms with Crippen LogP contribution in [0.3, 0.4) is 0 Å². The zero-order valence-corrected chi connectivity index (χ0v) is 17.6. The molecule has 170 valence electrons. The number of nitrogens with zero attached hydrogens (tertiary/aromatic N) is 2. The van der Waals surface area contributed by atoms with Crippen LogP contribution in [0.1, 0.15) is 42.4 Å². The van der Waals surface area contributed by atoms with Gasteiger partial charge in [-0.2, -0.15) is 13.2 Å². The number of amides is 3. The summed E-state index contributed by atoms with van der Waals surface area (Å²) in [7, 11) is 3.26. The molecule has 0 bridgehead atoms. The van der Waals surface area contributed by atoms with Gasteiger partial charge in [0.05, 0.1) is 40.9 Å². The fourth-order valence-electron chi connectivity index (χ4n) is 3.53. The number of benzene rings is 2. The molecule has 3 amide bonds. The number of rotatable bonds is 5. The minimum absolute atomic E-state index is 0.0249. The highest BCUT2D eigenvalue weighted by molar-refractivity contribution is 6.22. The van der Waals surface area contributed by atoms with Crippen LogP contribution in [0.25, 0.3) is 0 Å². The first-order chi connectivity index (χ1) is 15.6. The van der Waals surface area contributed by atoms with Crippen LogP contribution in [0.2, 0.25) is 0 Å². The predicted octanol–water partition coefficient (Wildman–Crippen LogP) is 4.41. The summed E-state index contributed by atoms with van der Waals surface area (Å²) in [5, 5.41) is 2.48. The maximum atomic E-state index is 13.2. The predicted molar refractivity (Wildman–Crippen MR) is 113 cm³/mol. The fourth-order valence-corrected chi connectivity index (χ4v) is 3.53. The molecule has 0 atom stereocenters. The number of halogens is 3. The summed E-state index contributed by atoms with van der Waals surface area (Å²) >= 11 is 0. The molecule has 1 aromatic heterocycles. The van der Waals surface area contributed by atoms with Crippen LogP contribution in [-0.4, -0.2) is 36.7 Å². The van der Waals surface area contributed by atoms with Crippen molar-refractivity contribution in [2.75, 3.05) is 24.3 Å². The number of alkyl halides is 3. The van der Waals surface area contributed by atoms with Crippen molar-refractivity contribution in [1.82, 2.24) is 4.90 Å². The zero-order valence-electron chi connectivity index (χ0n) is 17.6. The van der Waals surface area contributed by atoms with Crippen molar-refractivity contribution in [3.8, 4) is 0 Å². The van der Waals surface area contributed by atoms with Crippen molar-refractivity contribution < 1.29 is 32.0 Å². The summed E-state index contributed by atoms with van der Waals surface area (Å²) in [6, 6.07) is 10.3. The van der Waals surface area contributed by atoms with E-state index in [2.05, 4.69) is 5.32 Å². The topological polar surface area (TPSA) is 82.9 Å². The SMILES string of the molecule is CN(C)c1ccc(C(F)(F)F)cc1NC(=O)c1ccc2c(c1)C(=O)N(Cc1ccco1)C2=O. The highest BCUT2D eigenvalue weighted by Crippen LogP contribution is 2.35. The van der Waals surface area contributed by atoms with Crippen LogP contribution in [0.15, 0.2) is 59.2 Å². The molecule has 0 saturated heterocycles. The van der Waals surface area contributed by atoms with Crippen molar-refractivity contribution >= 4 is 29.1 Å². The molecule has 1 aliphatic rings. The maximum absolute atomic E-state index is 13.2. The summed E-state index contributed by atoms with van der Waals surface area (Å²) in [4.78, 5) is 40.8. The molecule has 0 spiro atoms. The van der Waals surface area contributed by atoms with E-state index < -0.39 is 29.5 Å². The molecule has 0 unspecified atom stereocenters. The van der Waals surface area contributed by atoms with E-state index in [9.17, 15) is 27.6 Å². The first kappa shape index (κ1) is 22.1. The van der Waals surface area contributed by atoms with Gasteiger partial charge in [0.25, 0.3) is 17.7 Å². The number of anilines is 2. The average Bonchev–Trinajstić information content (AvgIpc) is 3.35. The van der Waals surface area contributed by atoms with Crippen LogP contribution in [0.4, 0.5) is 24.5 Å². The molecule has 10 heteroatoms. The lowest BCUT2D eigenvalue weighted by Gasteiger charge is -2.20. The monoisotopic (exact) mass is 457 g/mol. The van der Waals surface area contributed by atoms with Gasteiger partial charge < -0.3 is 14.6 Å². The quantitative estimate of drug-likeness (QED) is 0.574. The lowest BCUT2D eigenvalue weighted by atomic mass is 10.0. The van der Waals surface area contributed by atoms with Crippen molar-refractivity contribution in [1.29, 1.82) is 0 Å². The van der Waals surface area contributed by atoms with Crippen molar-refractivity contribution in [3.05, 3.63) is 82.8 Å². The minimum Gasteiger partial charge on any atom is -0.467 e. The maximum Gasteiger partial charge on any atom is 0.416 e. The molecule has 0 aliphatic carbocycles. The first-order valence-corrected chi connectivity index (χ1v) is 9.79. The van der Waals surface area contributed by atoms with Gasteiger partial charge in [-0.05, 0) is 48.5 Å². The second kappa shape index (κ2) is 8.12. The van der Waals surface area contributed by atoms with E-state index in [-0.39, 0.29) is 28.9 Å². The molecule has 1 aliphatic heterocycles. The third kappa shape index (κ3) is 4.19. The second-order valence-corrected chi connectivity index (χ2v) is 7.61. The highest BCUT2D eigenvalue weighted by Gasteiger charge is 2.36. The van der Waals surface area contributed by atoms with Crippen LogP contribution in [0, 0.1) is 0 Å². The Bertz CT molecular complexity index is 1250. The highest BCUT2D eigenvalue weighted by atomic mass is 19.4. The smallest absolute Gasteiger partial charge is 0.416 e. The summed E-state index contributed by atoms with van der Waals surface area (Å²) in [6.07, 6.45) is -3.16. The summed E-state index contributed by atoms with van der Waals surface area (Å²) in [5.74, 6) is -1.41. The molecule has 0 fully saturated rings. The van der Waals surface area contributed by atoms with E-state index in [0.717, 1.165) is 17.0 Å². The van der Waals surface area contributed by atoms with Gasteiger partial charge in [-0.25, -0.2) is 0 Å². The Morgan fingerprint density at radius 3 is 2.39 bits per heavy atom. The first-order valence-electron chi connectivity index (χ1n) is 9.79. The second-order valence-electron chi connectivity index (χ2n) is 7.61. The third-order valence-electron chi connectivity index (χ3n) is 5.18. The molecule has 2 aromatic carbocycles. The molecule has 7 nitrogen and oxygen atoms in total. The molecular weight excluding hydrogens is 439 g/mol. The standard InChI is InChI=1S/C23H18F3N3O4/c1-28(2)19-8-6-14(23(24,25)26)11-18(19)27-20(30)13-5-7-16-17(10-13)22(32)29(21(16)31)12-15-4-3-9-33-15/h3-11H,12H2,1-2H3,(H,27,30). The number of hydrogen-bond donors (Lipinski definition) is 1. The van der Waals surface area contributed by atoms with Gasteiger partial charge in [0.2, 0.25) is 0 Å². The van der Waals surface area contributed by atoms with E-state index in [4.69, 9.17) is 4.42 Å². The van der Waals surface area contributed by atoms with E-state index in [1.54, 1.807) is 31.1 Å². The van der Waals surface area contributed by atoms with E-state index in [1.165, 1.54) is 30.5 Å². The van der Waals surface area contributed by atoms with E-state index in [0.29, 0.717) is 11.4 Å². The zero-order chi connectivity index (χ0) is 23.9. The van der Waals surface area contributed by atoms with Crippen molar-refractivity contribution in [2.45, 2.75) is 12.7 Å². The van der Waals surface area contributed by atoms with Gasteiger partial charge in [-0.1, -0.05) is 0 Å². The Labute approximate surface area is 186 Å². The van der Waals surface area contributed by atoms with Gasteiger partial charge >= 0.3 is 6.18 Å². The molecule has 3 aromatic rings. The molecule has 2 heterocycles. The van der Waals surface area contributed by atoms with E-state index in [1.807, 2.05) is 0 Å². The number of hydrogen-bond acceptors (Lipinski definition) is 5. The molecule has 0 radical (unpaired) electrons. The molecule has 0 saturated carbocycles. The van der Waals surface area contributed by atoms with Gasteiger partial charge in [-0.15, -0.1) is 0 Å². The Kier molecular flexibility index (Phi) is 5.44. The minimum atomic E-state index is -4.58. The van der Waals surface area contributed by atoms with Crippen LogP contribution < -0.4 is 10.2 Å². The summed E-state index contributed by atoms with van der Waals surface area (Å²) in [6.45, 7) is -0.0582. The van der Waals surface area contributed by atoms with E-state index >= 15 is 0 Å².